The molecule has 5 nitrogen and oxygen atoms in total. The summed E-state index contributed by atoms with van der Waals surface area (Å²) in [7, 11) is 0. The summed E-state index contributed by atoms with van der Waals surface area (Å²) in [4.78, 5) is 24.3. The number of benzene rings is 2. The molecule has 3 rings (SSSR count). The Morgan fingerprint density at radius 1 is 1.11 bits per heavy atom. The number of rotatable bonds is 5. The van der Waals surface area contributed by atoms with Crippen LogP contribution in [0.25, 0.3) is 11.0 Å². The number of hydrogen-bond acceptors (Lipinski definition) is 4. The Morgan fingerprint density at radius 3 is 2.32 bits per heavy atom. The summed E-state index contributed by atoms with van der Waals surface area (Å²) in [6, 6.07) is 9.35. The minimum atomic E-state index is -1.06. The van der Waals surface area contributed by atoms with Crippen LogP contribution in [0.4, 0.5) is 0 Å². The summed E-state index contributed by atoms with van der Waals surface area (Å²) in [5.41, 5.74) is 3.90. The number of aliphatic carboxylic acids is 1. The molecule has 5 heteroatoms. The maximum atomic E-state index is 12.8. The van der Waals surface area contributed by atoms with Crippen LogP contribution in [-0.2, 0) is 11.2 Å². The minimum Gasteiger partial charge on any atom is -0.507 e. The molecule has 146 valence electrons. The minimum absolute atomic E-state index is 0.00879. The zero-order valence-corrected chi connectivity index (χ0v) is 16.5. The van der Waals surface area contributed by atoms with E-state index in [1.807, 2.05) is 58.0 Å². The van der Waals surface area contributed by atoms with Gasteiger partial charge in [0, 0.05) is 5.92 Å². The van der Waals surface area contributed by atoms with Crippen molar-refractivity contribution in [2.24, 2.45) is 0 Å². The van der Waals surface area contributed by atoms with Gasteiger partial charge >= 0.3 is 11.6 Å². The lowest BCUT2D eigenvalue weighted by atomic mass is 9.87. The van der Waals surface area contributed by atoms with Gasteiger partial charge in [-0.1, -0.05) is 37.3 Å². The van der Waals surface area contributed by atoms with E-state index in [4.69, 9.17) is 4.42 Å². The third-order valence-electron chi connectivity index (χ3n) is 5.41. The molecule has 0 aliphatic carbocycles. The highest BCUT2D eigenvalue weighted by Crippen LogP contribution is 2.39. The number of aryl methyl sites for hydroxylation is 4. The van der Waals surface area contributed by atoms with Crippen LogP contribution in [0.3, 0.4) is 0 Å². The Morgan fingerprint density at radius 2 is 1.75 bits per heavy atom. The summed E-state index contributed by atoms with van der Waals surface area (Å²) in [6.45, 7) is 7.60. The first kappa shape index (κ1) is 19.7. The highest BCUT2D eigenvalue weighted by molar-refractivity contribution is 5.91. The smallest absolute Gasteiger partial charge is 0.343 e. The van der Waals surface area contributed by atoms with E-state index in [0.717, 1.165) is 28.7 Å². The van der Waals surface area contributed by atoms with Crippen LogP contribution in [0.1, 0.15) is 52.6 Å². The Kier molecular flexibility index (Phi) is 5.27. The lowest BCUT2D eigenvalue weighted by Gasteiger charge is -2.19. The first-order valence-corrected chi connectivity index (χ1v) is 9.31. The molecular weight excluding hydrogens is 356 g/mol. The molecule has 0 fully saturated rings. The number of fused-ring (bicyclic) bond motifs is 1. The predicted octanol–water partition coefficient (Wildman–Crippen LogP) is 4.59. The van der Waals surface area contributed by atoms with Gasteiger partial charge in [-0.05, 0) is 55.0 Å². The van der Waals surface area contributed by atoms with E-state index in [1.165, 1.54) is 0 Å². The van der Waals surface area contributed by atoms with Gasteiger partial charge in [-0.15, -0.1) is 0 Å². The number of hydrogen-bond donors (Lipinski definition) is 2. The van der Waals surface area contributed by atoms with Crippen molar-refractivity contribution in [1.29, 1.82) is 0 Å². The van der Waals surface area contributed by atoms with Gasteiger partial charge in [0.25, 0.3) is 0 Å². The summed E-state index contributed by atoms with van der Waals surface area (Å²) in [6.07, 6.45) is 0.532. The molecule has 28 heavy (non-hydrogen) atoms. The second-order valence-electron chi connectivity index (χ2n) is 7.24. The fourth-order valence-corrected chi connectivity index (χ4v) is 3.71. The van der Waals surface area contributed by atoms with E-state index >= 15 is 0 Å². The number of carboxylic acid groups (broad SMARTS) is 1. The van der Waals surface area contributed by atoms with E-state index in [2.05, 4.69) is 0 Å². The van der Waals surface area contributed by atoms with Crippen LogP contribution in [-0.4, -0.2) is 16.2 Å². The molecule has 0 radical (unpaired) electrons. The molecule has 0 saturated heterocycles. The van der Waals surface area contributed by atoms with Crippen molar-refractivity contribution in [2.75, 3.05) is 0 Å². The topological polar surface area (TPSA) is 87.7 Å². The van der Waals surface area contributed by atoms with Crippen LogP contribution in [0, 0.1) is 20.8 Å². The van der Waals surface area contributed by atoms with Crippen molar-refractivity contribution < 1.29 is 19.4 Å². The lowest BCUT2D eigenvalue weighted by molar-refractivity contribution is -0.137. The monoisotopic (exact) mass is 380 g/mol. The molecule has 0 unspecified atom stereocenters. The van der Waals surface area contributed by atoms with Crippen molar-refractivity contribution in [3.05, 3.63) is 74.1 Å². The molecule has 0 amide bonds. The molecule has 1 heterocycles. The molecule has 1 aromatic heterocycles. The molecule has 2 aromatic carbocycles. The second-order valence-corrected chi connectivity index (χ2v) is 7.24. The molecule has 0 spiro atoms. The molecule has 0 bridgehead atoms. The zero-order valence-electron chi connectivity index (χ0n) is 16.5. The summed E-state index contributed by atoms with van der Waals surface area (Å²) < 4.78 is 5.59. The van der Waals surface area contributed by atoms with Crippen LogP contribution in [0.15, 0.2) is 39.5 Å². The van der Waals surface area contributed by atoms with Gasteiger partial charge in [0.1, 0.15) is 11.3 Å². The standard InChI is InChI=1S/C23H24O5/c1-5-15-6-8-16(9-7-15)17(11-18(24)25)20-21(26)19-13(3)10-12(2)14(4)22(19)28-23(20)27/h6-10,17,26H,5,11H2,1-4H3,(H,24,25)/t17-/m1/s1. The van der Waals surface area contributed by atoms with E-state index in [-0.39, 0.29) is 17.7 Å². The maximum Gasteiger partial charge on any atom is 0.343 e. The Hall–Kier alpha value is -3.08. The first-order chi connectivity index (χ1) is 13.2. The van der Waals surface area contributed by atoms with E-state index in [0.29, 0.717) is 16.5 Å². The van der Waals surface area contributed by atoms with Gasteiger partial charge in [0.2, 0.25) is 0 Å². The van der Waals surface area contributed by atoms with Crippen molar-refractivity contribution in [3.8, 4) is 5.75 Å². The first-order valence-electron chi connectivity index (χ1n) is 9.31. The van der Waals surface area contributed by atoms with Crippen LogP contribution >= 0.6 is 0 Å². The van der Waals surface area contributed by atoms with Crippen LogP contribution in [0.5, 0.6) is 5.75 Å². The van der Waals surface area contributed by atoms with E-state index in [9.17, 15) is 19.8 Å². The average molecular weight is 380 g/mol. The van der Waals surface area contributed by atoms with Crippen molar-refractivity contribution >= 4 is 16.9 Å². The fourth-order valence-electron chi connectivity index (χ4n) is 3.71. The van der Waals surface area contributed by atoms with E-state index in [1.54, 1.807) is 0 Å². The van der Waals surface area contributed by atoms with Gasteiger partial charge in [-0.25, -0.2) is 4.79 Å². The average Bonchev–Trinajstić information content (AvgIpc) is 2.64. The summed E-state index contributed by atoms with van der Waals surface area (Å²) >= 11 is 0. The number of carbonyl (C=O) groups is 1. The number of carboxylic acids is 1. The fraction of sp³-hybridized carbons (Fsp3) is 0.304. The van der Waals surface area contributed by atoms with Crippen molar-refractivity contribution in [2.45, 2.75) is 46.5 Å². The highest BCUT2D eigenvalue weighted by atomic mass is 16.4. The molecule has 0 saturated carbocycles. The number of aromatic hydroxyl groups is 1. The largest absolute Gasteiger partial charge is 0.507 e. The van der Waals surface area contributed by atoms with E-state index < -0.39 is 17.5 Å². The Bertz CT molecular complexity index is 1110. The third kappa shape index (κ3) is 3.40. The maximum absolute atomic E-state index is 12.8. The Labute approximate surface area is 163 Å². The second kappa shape index (κ2) is 7.50. The van der Waals surface area contributed by atoms with Crippen LogP contribution < -0.4 is 5.63 Å². The normalized spacial score (nSPS) is 12.3. The summed E-state index contributed by atoms with van der Waals surface area (Å²) in [5.74, 6) is -2.05. The SMILES string of the molecule is CCc1ccc([C@@H](CC(=O)O)c2c(O)c3c(C)cc(C)c(C)c3oc2=O)cc1. The van der Waals surface area contributed by atoms with Gasteiger partial charge in [0.05, 0.1) is 17.4 Å². The molecule has 0 aliphatic rings. The van der Waals surface area contributed by atoms with Gasteiger partial charge in [-0.3, -0.25) is 4.79 Å². The molecule has 0 aliphatic heterocycles. The van der Waals surface area contributed by atoms with Crippen molar-refractivity contribution in [3.63, 3.8) is 0 Å². The lowest BCUT2D eigenvalue weighted by Crippen LogP contribution is -2.17. The quantitative estimate of drug-likeness (QED) is 0.632. The molecule has 3 aromatic rings. The zero-order chi connectivity index (χ0) is 20.6. The highest BCUT2D eigenvalue weighted by Gasteiger charge is 2.28. The molecule has 2 N–H and O–H groups in total. The van der Waals surface area contributed by atoms with Gasteiger partial charge < -0.3 is 14.6 Å². The molecule has 1 atom stereocenters. The molecular formula is C23H24O5. The summed E-state index contributed by atoms with van der Waals surface area (Å²) in [5, 5.41) is 20.9. The predicted molar refractivity (Wildman–Crippen MR) is 108 cm³/mol. The Balaban J connectivity index is 2.30. The van der Waals surface area contributed by atoms with Crippen molar-refractivity contribution in [1.82, 2.24) is 0 Å². The van der Waals surface area contributed by atoms with Crippen LogP contribution in [0.2, 0.25) is 0 Å². The van der Waals surface area contributed by atoms with Gasteiger partial charge in [-0.2, -0.15) is 0 Å². The third-order valence-corrected chi connectivity index (χ3v) is 5.41. The van der Waals surface area contributed by atoms with Gasteiger partial charge in [0.15, 0.2) is 0 Å².